The minimum Gasteiger partial charge on any atom is -0.489 e. The highest BCUT2D eigenvalue weighted by Gasteiger charge is 2.17. The third kappa shape index (κ3) is 4.54. The van der Waals surface area contributed by atoms with Crippen molar-refractivity contribution >= 4 is 11.8 Å². The van der Waals surface area contributed by atoms with Crippen molar-refractivity contribution in [3.05, 3.63) is 30.3 Å². The average Bonchev–Trinajstić information content (AvgIpc) is 2.41. The smallest absolute Gasteiger partial charge is 0.120 e. The van der Waals surface area contributed by atoms with E-state index in [1.165, 1.54) is 31.0 Å². The SMILES string of the molecule is CCCC(CN1CCSCC1)Oc1c[c]ccc1. The Bertz CT molecular complexity index is 325. The van der Waals surface area contributed by atoms with Gasteiger partial charge in [-0.15, -0.1) is 0 Å². The summed E-state index contributed by atoms with van der Waals surface area (Å²) in [4.78, 5) is 2.53. The molecule has 2 nitrogen and oxygen atoms in total. The van der Waals surface area contributed by atoms with Crippen molar-refractivity contribution in [2.45, 2.75) is 25.9 Å². The van der Waals surface area contributed by atoms with E-state index in [2.05, 4.69) is 29.7 Å². The summed E-state index contributed by atoms with van der Waals surface area (Å²) in [5.74, 6) is 3.47. The van der Waals surface area contributed by atoms with E-state index in [-0.39, 0.29) is 0 Å². The van der Waals surface area contributed by atoms with Gasteiger partial charge in [-0.1, -0.05) is 25.5 Å². The fraction of sp³-hybridized carbons (Fsp3) is 0.600. The summed E-state index contributed by atoms with van der Waals surface area (Å²) in [6.45, 7) is 5.69. The fourth-order valence-electron chi connectivity index (χ4n) is 2.22. The molecule has 1 aliphatic heterocycles. The lowest BCUT2D eigenvalue weighted by Gasteiger charge is -2.30. The van der Waals surface area contributed by atoms with Gasteiger partial charge >= 0.3 is 0 Å². The number of nitrogens with zero attached hydrogens (tertiary/aromatic N) is 1. The third-order valence-corrected chi connectivity index (χ3v) is 4.10. The molecule has 1 aliphatic rings. The molecule has 18 heavy (non-hydrogen) atoms. The van der Waals surface area contributed by atoms with E-state index >= 15 is 0 Å². The second-order valence-electron chi connectivity index (χ2n) is 4.68. The Balaban J connectivity index is 1.86. The second kappa shape index (κ2) is 7.70. The van der Waals surface area contributed by atoms with Gasteiger partial charge in [0.05, 0.1) is 0 Å². The van der Waals surface area contributed by atoms with Crippen LogP contribution in [0.2, 0.25) is 0 Å². The van der Waals surface area contributed by atoms with Gasteiger partial charge in [-0.25, -0.2) is 0 Å². The summed E-state index contributed by atoms with van der Waals surface area (Å²) in [6.07, 6.45) is 2.61. The molecule has 1 unspecified atom stereocenters. The maximum absolute atomic E-state index is 6.08. The van der Waals surface area contributed by atoms with Crippen LogP contribution in [0.3, 0.4) is 0 Å². The number of benzene rings is 1. The summed E-state index contributed by atoms with van der Waals surface area (Å²) in [6, 6.07) is 10.9. The molecule has 0 aliphatic carbocycles. The van der Waals surface area contributed by atoms with Crippen molar-refractivity contribution in [1.29, 1.82) is 0 Å². The first-order chi connectivity index (χ1) is 8.88. The minimum atomic E-state index is 0.314. The molecule has 1 saturated heterocycles. The van der Waals surface area contributed by atoms with Crippen molar-refractivity contribution in [2.75, 3.05) is 31.1 Å². The molecule has 2 rings (SSSR count). The summed E-state index contributed by atoms with van der Waals surface area (Å²) in [5, 5.41) is 0. The molecule has 1 atom stereocenters. The van der Waals surface area contributed by atoms with Crippen molar-refractivity contribution < 1.29 is 4.74 Å². The summed E-state index contributed by atoms with van der Waals surface area (Å²) in [5.41, 5.74) is 0. The third-order valence-electron chi connectivity index (χ3n) is 3.16. The lowest BCUT2D eigenvalue weighted by molar-refractivity contribution is 0.130. The molecule has 1 aromatic rings. The van der Waals surface area contributed by atoms with Gasteiger partial charge in [0.25, 0.3) is 0 Å². The van der Waals surface area contributed by atoms with E-state index in [1.807, 2.05) is 24.3 Å². The molecule has 1 aromatic carbocycles. The molecule has 3 heteroatoms. The highest BCUT2D eigenvalue weighted by molar-refractivity contribution is 7.99. The molecular weight excluding hydrogens is 242 g/mol. The number of hydrogen-bond acceptors (Lipinski definition) is 3. The first kappa shape index (κ1) is 13.8. The fourth-order valence-corrected chi connectivity index (χ4v) is 3.20. The van der Waals surface area contributed by atoms with Crippen molar-refractivity contribution in [1.82, 2.24) is 4.90 Å². The molecule has 99 valence electrons. The van der Waals surface area contributed by atoms with Crippen molar-refractivity contribution in [2.24, 2.45) is 0 Å². The van der Waals surface area contributed by atoms with Crippen LogP contribution in [0, 0.1) is 6.07 Å². The maximum atomic E-state index is 6.08. The van der Waals surface area contributed by atoms with E-state index in [1.54, 1.807) is 0 Å². The molecule has 1 heterocycles. The van der Waals surface area contributed by atoms with Crippen molar-refractivity contribution in [3.63, 3.8) is 0 Å². The van der Waals surface area contributed by atoms with Gasteiger partial charge in [0.15, 0.2) is 0 Å². The number of thioether (sulfide) groups is 1. The van der Waals surface area contributed by atoms with Gasteiger partial charge in [-0.2, -0.15) is 11.8 Å². The predicted octanol–water partition coefficient (Wildman–Crippen LogP) is 3.08. The molecule has 0 bridgehead atoms. The highest BCUT2D eigenvalue weighted by Crippen LogP contribution is 2.16. The lowest BCUT2D eigenvalue weighted by atomic mass is 10.2. The Morgan fingerprint density at radius 1 is 1.44 bits per heavy atom. The van der Waals surface area contributed by atoms with Gasteiger partial charge in [0.1, 0.15) is 11.9 Å². The van der Waals surface area contributed by atoms with Crippen molar-refractivity contribution in [3.8, 4) is 5.75 Å². The molecule has 0 aromatic heterocycles. The van der Waals surface area contributed by atoms with Crippen LogP contribution in [0.4, 0.5) is 0 Å². The van der Waals surface area contributed by atoms with Crippen LogP contribution < -0.4 is 4.74 Å². The predicted molar refractivity (Wildman–Crippen MR) is 78.4 cm³/mol. The summed E-state index contributed by atoms with van der Waals surface area (Å²) in [7, 11) is 0. The quantitative estimate of drug-likeness (QED) is 0.783. The zero-order chi connectivity index (χ0) is 12.6. The molecule has 1 fully saturated rings. The topological polar surface area (TPSA) is 12.5 Å². The molecule has 0 saturated carbocycles. The Kier molecular flexibility index (Phi) is 5.88. The Morgan fingerprint density at radius 3 is 2.94 bits per heavy atom. The molecule has 1 radical (unpaired) electrons. The van der Waals surface area contributed by atoms with E-state index in [0.717, 1.165) is 18.7 Å². The Hall–Kier alpha value is -0.670. The van der Waals surface area contributed by atoms with Crippen LogP contribution in [0.25, 0.3) is 0 Å². The zero-order valence-corrected chi connectivity index (χ0v) is 11.9. The van der Waals surface area contributed by atoms with Gasteiger partial charge in [0.2, 0.25) is 0 Å². The maximum Gasteiger partial charge on any atom is 0.120 e. The standard InChI is InChI=1S/C15H22NOS/c1-2-6-15(13-16-9-11-18-12-10-16)17-14-7-4-3-5-8-14/h3-4,7-8,15H,2,6,9-13H2,1H3. The Morgan fingerprint density at radius 2 is 2.28 bits per heavy atom. The van der Waals surface area contributed by atoms with Gasteiger partial charge in [0, 0.05) is 31.1 Å². The van der Waals surface area contributed by atoms with Crippen LogP contribution in [-0.4, -0.2) is 42.1 Å². The van der Waals surface area contributed by atoms with Gasteiger partial charge < -0.3 is 4.74 Å². The van der Waals surface area contributed by atoms with Crippen LogP contribution in [0.5, 0.6) is 5.75 Å². The lowest BCUT2D eigenvalue weighted by Crippen LogP contribution is -2.40. The van der Waals surface area contributed by atoms with Crippen LogP contribution in [0.15, 0.2) is 24.3 Å². The second-order valence-corrected chi connectivity index (χ2v) is 5.91. The minimum absolute atomic E-state index is 0.314. The number of rotatable bonds is 6. The van der Waals surface area contributed by atoms with E-state index < -0.39 is 0 Å². The Labute approximate surface area is 115 Å². The average molecular weight is 264 g/mol. The van der Waals surface area contributed by atoms with Crippen LogP contribution >= 0.6 is 11.8 Å². The normalized spacial score (nSPS) is 18.5. The zero-order valence-electron chi connectivity index (χ0n) is 11.1. The molecular formula is C15H22NOS. The summed E-state index contributed by atoms with van der Waals surface area (Å²) < 4.78 is 6.08. The van der Waals surface area contributed by atoms with E-state index in [4.69, 9.17) is 4.74 Å². The first-order valence-corrected chi connectivity index (χ1v) is 7.97. The molecule has 0 amide bonds. The van der Waals surface area contributed by atoms with E-state index in [0.29, 0.717) is 6.10 Å². The summed E-state index contributed by atoms with van der Waals surface area (Å²) >= 11 is 2.06. The van der Waals surface area contributed by atoms with E-state index in [9.17, 15) is 0 Å². The van der Waals surface area contributed by atoms with Crippen LogP contribution in [0.1, 0.15) is 19.8 Å². The molecule has 0 N–H and O–H groups in total. The van der Waals surface area contributed by atoms with Gasteiger partial charge in [-0.3, -0.25) is 4.90 Å². The largest absolute Gasteiger partial charge is 0.489 e. The highest BCUT2D eigenvalue weighted by atomic mass is 32.2. The molecule has 0 spiro atoms. The monoisotopic (exact) mass is 264 g/mol. The van der Waals surface area contributed by atoms with Crippen LogP contribution in [-0.2, 0) is 0 Å². The first-order valence-electron chi connectivity index (χ1n) is 6.81. The number of ether oxygens (including phenoxy) is 1. The van der Waals surface area contributed by atoms with Gasteiger partial charge in [-0.05, 0) is 24.6 Å². The number of hydrogen-bond donors (Lipinski definition) is 0.